The summed E-state index contributed by atoms with van der Waals surface area (Å²) in [6.07, 6.45) is 0. The molecule has 2 aromatic rings. The molecule has 0 spiro atoms. The molecule has 0 aromatic heterocycles. The Morgan fingerprint density at radius 2 is 1.65 bits per heavy atom. The van der Waals surface area contributed by atoms with Crippen molar-refractivity contribution in [3.8, 4) is 0 Å². The van der Waals surface area contributed by atoms with E-state index in [1.54, 1.807) is 11.8 Å². The average molecular weight is 349 g/mol. The van der Waals surface area contributed by atoms with Crippen LogP contribution in [0.15, 0.2) is 58.3 Å². The molecular weight excluding hydrogens is 330 g/mol. The van der Waals surface area contributed by atoms with Gasteiger partial charge in [0.15, 0.2) is 5.78 Å². The maximum atomic E-state index is 12.3. The van der Waals surface area contributed by atoms with Gasteiger partial charge >= 0.3 is 0 Å². The van der Waals surface area contributed by atoms with Gasteiger partial charge in [-0.05, 0) is 42.5 Å². The molecule has 0 saturated carbocycles. The van der Waals surface area contributed by atoms with Crippen LogP contribution in [0.2, 0.25) is 0 Å². The molecule has 4 nitrogen and oxygen atoms in total. The fraction of sp³-hybridized carbons (Fsp3) is 0.235. The summed E-state index contributed by atoms with van der Waals surface area (Å²) in [4.78, 5) is 12.5. The van der Waals surface area contributed by atoms with E-state index in [0.717, 1.165) is 11.3 Å². The minimum Gasteiger partial charge on any atom is -0.295 e. The molecule has 0 radical (unpaired) electrons. The summed E-state index contributed by atoms with van der Waals surface area (Å²) in [6, 6.07) is 13.7. The first-order chi connectivity index (χ1) is 10.9. The Bertz CT molecular complexity index is 766. The first-order valence-corrected chi connectivity index (χ1v) is 9.71. The van der Waals surface area contributed by atoms with Crippen LogP contribution in [0.3, 0.4) is 0 Å². The Balaban J connectivity index is 2.04. The van der Waals surface area contributed by atoms with Gasteiger partial charge in [-0.15, -0.1) is 11.8 Å². The van der Waals surface area contributed by atoms with E-state index in [9.17, 15) is 13.2 Å². The van der Waals surface area contributed by atoms with Gasteiger partial charge in [-0.25, -0.2) is 13.1 Å². The third-order valence-corrected chi connectivity index (χ3v) is 5.58. The Morgan fingerprint density at radius 1 is 1.04 bits per heavy atom. The van der Waals surface area contributed by atoms with Crippen LogP contribution in [0.1, 0.15) is 29.8 Å². The first kappa shape index (κ1) is 17.7. The lowest BCUT2D eigenvalue weighted by Crippen LogP contribution is -2.23. The zero-order chi connectivity index (χ0) is 16.9. The number of Topliss-reactive ketones (excluding diaryl/α,β-unsaturated/α-hetero) is 1. The van der Waals surface area contributed by atoms with Gasteiger partial charge in [0.05, 0.1) is 4.90 Å². The number of hydrogen-bond acceptors (Lipinski definition) is 4. The Hall–Kier alpha value is -1.63. The highest BCUT2D eigenvalue weighted by Crippen LogP contribution is 2.18. The van der Waals surface area contributed by atoms with Crippen LogP contribution in [-0.2, 0) is 16.6 Å². The molecule has 122 valence electrons. The van der Waals surface area contributed by atoms with Gasteiger partial charge in [-0.1, -0.05) is 31.2 Å². The summed E-state index contributed by atoms with van der Waals surface area (Å²) < 4.78 is 27.1. The van der Waals surface area contributed by atoms with Crippen LogP contribution >= 0.6 is 11.8 Å². The summed E-state index contributed by atoms with van der Waals surface area (Å²) >= 11 is 1.74. The predicted molar refractivity (Wildman–Crippen MR) is 93.3 cm³/mol. The van der Waals surface area contributed by atoms with Gasteiger partial charge in [0, 0.05) is 17.0 Å². The van der Waals surface area contributed by atoms with Gasteiger partial charge in [0.25, 0.3) is 0 Å². The Labute approximate surface area is 141 Å². The minimum atomic E-state index is -3.59. The van der Waals surface area contributed by atoms with Crippen molar-refractivity contribution in [2.75, 3.05) is 5.75 Å². The molecule has 0 heterocycles. The molecule has 23 heavy (non-hydrogen) atoms. The molecule has 0 aliphatic carbocycles. The molecule has 0 atom stereocenters. The smallest absolute Gasteiger partial charge is 0.240 e. The molecule has 0 aliphatic heterocycles. The summed E-state index contributed by atoms with van der Waals surface area (Å²) in [6.45, 7) is 3.76. The molecule has 0 amide bonds. The van der Waals surface area contributed by atoms with Gasteiger partial charge in [-0.2, -0.15) is 0 Å². The SMILES string of the molecule is CCSc1ccc(CNS(=O)(=O)c2ccc(C(C)=O)cc2)cc1. The topological polar surface area (TPSA) is 63.2 Å². The van der Waals surface area contributed by atoms with E-state index in [1.165, 1.54) is 36.1 Å². The molecular formula is C17H19NO3S2. The van der Waals surface area contributed by atoms with E-state index < -0.39 is 10.0 Å². The molecule has 0 aliphatic rings. The summed E-state index contributed by atoms with van der Waals surface area (Å²) in [5, 5.41) is 0. The number of carbonyl (C=O) groups is 1. The number of hydrogen-bond donors (Lipinski definition) is 1. The monoisotopic (exact) mass is 349 g/mol. The second-order valence-electron chi connectivity index (χ2n) is 4.98. The number of thioether (sulfide) groups is 1. The van der Waals surface area contributed by atoms with Crippen LogP contribution in [-0.4, -0.2) is 20.0 Å². The largest absolute Gasteiger partial charge is 0.295 e. The number of carbonyl (C=O) groups excluding carboxylic acids is 1. The van der Waals surface area contributed by atoms with E-state index in [-0.39, 0.29) is 17.2 Å². The molecule has 1 N–H and O–H groups in total. The predicted octanol–water partition coefficient (Wildman–Crippen LogP) is 3.48. The highest BCUT2D eigenvalue weighted by molar-refractivity contribution is 7.99. The standard InChI is InChI=1S/C17H19NO3S2/c1-3-22-16-8-4-14(5-9-16)12-18-23(20,21)17-10-6-15(7-11-17)13(2)19/h4-11,18H,3,12H2,1-2H3. The normalized spacial score (nSPS) is 11.4. The van der Waals surface area contributed by atoms with Crippen molar-refractivity contribution in [2.24, 2.45) is 0 Å². The van der Waals surface area contributed by atoms with Gasteiger partial charge < -0.3 is 0 Å². The zero-order valence-electron chi connectivity index (χ0n) is 13.1. The number of sulfonamides is 1. The van der Waals surface area contributed by atoms with Crippen LogP contribution in [0.4, 0.5) is 0 Å². The highest BCUT2D eigenvalue weighted by atomic mass is 32.2. The maximum absolute atomic E-state index is 12.3. The van der Waals surface area contributed by atoms with Crippen molar-refractivity contribution in [3.05, 3.63) is 59.7 Å². The number of nitrogens with one attached hydrogen (secondary N) is 1. The average Bonchev–Trinajstić information content (AvgIpc) is 2.55. The summed E-state index contributed by atoms with van der Waals surface area (Å²) in [5.41, 5.74) is 1.39. The lowest BCUT2D eigenvalue weighted by Gasteiger charge is -2.08. The van der Waals surface area contributed by atoms with E-state index >= 15 is 0 Å². The molecule has 0 saturated heterocycles. The first-order valence-electron chi connectivity index (χ1n) is 7.25. The van der Waals surface area contributed by atoms with Crippen molar-refractivity contribution in [2.45, 2.75) is 30.2 Å². The van der Waals surface area contributed by atoms with E-state index in [2.05, 4.69) is 11.6 Å². The van der Waals surface area contributed by atoms with Crippen LogP contribution in [0.25, 0.3) is 0 Å². The molecule has 2 aromatic carbocycles. The highest BCUT2D eigenvalue weighted by Gasteiger charge is 2.14. The van der Waals surface area contributed by atoms with E-state index in [0.29, 0.717) is 5.56 Å². The van der Waals surface area contributed by atoms with Crippen LogP contribution in [0, 0.1) is 0 Å². The van der Waals surface area contributed by atoms with Crippen LogP contribution < -0.4 is 4.72 Å². The maximum Gasteiger partial charge on any atom is 0.240 e. The molecule has 2 rings (SSSR count). The molecule has 0 unspecified atom stereocenters. The number of ketones is 1. The van der Waals surface area contributed by atoms with Crippen LogP contribution in [0.5, 0.6) is 0 Å². The van der Waals surface area contributed by atoms with Crippen molar-refractivity contribution in [1.29, 1.82) is 0 Å². The minimum absolute atomic E-state index is 0.0908. The van der Waals surface area contributed by atoms with Crippen molar-refractivity contribution in [1.82, 2.24) is 4.72 Å². The van der Waals surface area contributed by atoms with Gasteiger partial charge in [0.1, 0.15) is 0 Å². The van der Waals surface area contributed by atoms with Crippen molar-refractivity contribution in [3.63, 3.8) is 0 Å². The second kappa shape index (κ2) is 7.77. The third-order valence-electron chi connectivity index (χ3n) is 3.27. The lowest BCUT2D eigenvalue weighted by molar-refractivity contribution is 0.101. The van der Waals surface area contributed by atoms with Gasteiger partial charge in [0.2, 0.25) is 10.0 Å². The Kier molecular flexibility index (Phi) is 5.98. The van der Waals surface area contributed by atoms with E-state index in [1.807, 2.05) is 24.3 Å². The fourth-order valence-electron chi connectivity index (χ4n) is 2.00. The number of benzene rings is 2. The fourth-order valence-corrected chi connectivity index (χ4v) is 3.68. The molecule has 0 fully saturated rings. The second-order valence-corrected chi connectivity index (χ2v) is 8.09. The summed E-state index contributed by atoms with van der Waals surface area (Å²) in [5.74, 6) is 0.911. The quantitative estimate of drug-likeness (QED) is 0.614. The Morgan fingerprint density at radius 3 is 2.17 bits per heavy atom. The molecule has 6 heteroatoms. The van der Waals surface area contributed by atoms with E-state index in [4.69, 9.17) is 0 Å². The lowest BCUT2D eigenvalue weighted by atomic mass is 10.2. The molecule has 0 bridgehead atoms. The van der Waals surface area contributed by atoms with Crippen molar-refractivity contribution >= 4 is 27.6 Å². The van der Waals surface area contributed by atoms with Crippen molar-refractivity contribution < 1.29 is 13.2 Å². The third kappa shape index (κ3) is 4.92. The summed E-state index contributed by atoms with van der Waals surface area (Å²) in [7, 11) is -3.59. The zero-order valence-corrected chi connectivity index (χ0v) is 14.7. The number of rotatable bonds is 7. The van der Waals surface area contributed by atoms with Gasteiger partial charge in [-0.3, -0.25) is 4.79 Å².